The summed E-state index contributed by atoms with van der Waals surface area (Å²) < 4.78 is 15.4. The van der Waals surface area contributed by atoms with Crippen molar-refractivity contribution < 1.29 is 23.8 Å². The van der Waals surface area contributed by atoms with Gasteiger partial charge in [0.1, 0.15) is 6.26 Å². The molecule has 1 aromatic heterocycles. The van der Waals surface area contributed by atoms with E-state index in [1.807, 2.05) is 13.0 Å². The van der Waals surface area contributed by atoms with Crippen LogP contribution in [-0.2, 0) is 0 Å². The molecule has 2 aromatic rings. The first-order valence-electron chi connectivity index (χ1n) is 5.11. The molecule has 0 spiro atoms. The van der Waals surface area contributed by atoms with Crippen molar-refractivity contribution in [3.05, 3.63) is 35.7 Å². The van der Waals surface area contributed by atoms with Crippen LogP contribution in [-0.4, -0.2) is 23.2 Å². The number of aromatic nitrogens is 1. The zero-order valence-electron chi connectivity index (χ0n) is 9.84. The molecule has 0 aliphatic rings. The minimum absolute atomic E-state index is 0.144. The van der Waals surface area contributed by atoms with Gasteiger partial charge in [-0.3, -0.25) is 0 Å². The second-order valence-corrected chi connectivity index (χ2v) is 3.56. The van der Waals surface area contributed by atoms with Crippen molar-refractivity contribution in [3.63, 3.8) is 0 Å². The number of oxazole rings is 1. The molecule has 0 fully saturated rings. The van der Waals surface area contributed by atoms with Gasteiger partial charge in [0.2, 0.25) is 0 Å². The number of benzene rings is 1. The number of methoxy groups -OCH3 is 1. The quantitative estimate of drug-likeness (QED) is 0.896. The lowest BCUT2D eigenvalue weighted by molar-refractivity contribution is 0.0690. The molecule has 6 heteroatoms. The van der Waals surface area contributed by atoms with Crippen molar-refractivity contribution in [1.82, 2.24) is 4.98 Å². The number of aryl methyl sites for hydroxylation is 1. The highest BCUT2D eigenvalue weighted by Crippen LogP contribution is 2.31. The van der Waals surface area contributed by atoms with Crippen molar-refractivity contribution in [3.8, 4) is 17.6 Å². The minimum atomic E-state index is -1.18. The van der Waals surface area contributed by atoms with Crippen molar-refractivity contribution in [2.75, 3.05) is 7.11 Å². The molecule has 94 valence electrons. The van der Waals surface area contributed by atoms with E-state index in [9.17, 15) is 4.79 Å². The topological polar surface area (TPSA) is 81.8 Å². The fraction of sp³-hybridized carbons (Fsp3) is 0.167. The maximum Gasteiger partial charge on any atom is 0.400 e. The number of ether oxygens (including phenoxy) is 2. The van der Waals surface area contributed by atoms with Crippen LogP contribution in [0.1, 0.15) is 16.1 Å². The zero-order chi connectivity index (χ0) is 13.1. The average Bonchev–Trinajstić information content (AvgIpc) is 2.80. The first-order chi connectivity index (χ1) is 8.60. The molecule has 0 aliphatic carbocycles. The number of rotatable bonds is 4. The van der Waals surface area contributed by atoms with Crippen molar-refractivity contribution >= 4 is 5.97 Å². The van der Waals surface area contributed by atoms with Gasteiger partial charge in [0, 0.05) is 0 Å². The summed E-state index contributed by atoms with van der Waals surface area (Å²) in [6.45, 7) is 1.92. The molecular weight excluding hydrogens is 238 g/mol. The number of carboxylic acid groups (broad SMARTS) is 1. The summed E-state index contributed by atoms with van der Waals surface area (Å²) in [6, 6.07) is 5.31. The van der Waals surface area contributed by atoms with E-state index in [1.165, 1.54) is 7.11 Å². The Labute approximate surface area is 103 Å². The van der Waals surface area contributed by atoms with E-state index in [0.29, 0.717) is 11.5 Å². The monoisotopic (exact) mass is 249 g/mol. The lowest BCUT2D eigenvalue weighted by atomic mass is 10.2. The lowest BCUT2D eigenvalue weighted by Crippen LogP contribution is -1.96. The van der Waals surface area contributed by atoms with Gasteiger partial charge < -0.3 is 19.0 Å². The molecule has 0 unspecified atom stereocenters. The Hall–Kier alpha value is -2.50. The Kier molecular flexibility index (Phi) is 3.18. The van der Waals surface area contributed by atoms with Crippen molar-refractivity contribution in [1.29, 1.82) is 0 Å². The molecule has 0 saturated heterocycles. The van der Waals surface area contributed by atoms with E-state index in [1.54, 1.807) is 12.1 Å². The molecule has 0 radical (unpaired) electrons. The van der Waals surface area contributed by atoms with Gasteiger partial charge in [-0.15, -0.1) is 0 Å². The second kappa shape index (κ2) is 4.79. The van der Waals surface area contributed by atoms with Gasteiger partial charge >= 0.3 is 12.0 Å². The average molecular weight is 249 g/mol. The summed E-state index contributed by atoms with van der Waals surface area (Å²) in [5, 5.41) is 8.70. The predicted octanol–water partition coefficient (Wildman–Crippen LogP) is 2.48. The fourth-order valence-electron chi connectivity index (χ4n) is 1.36. The van der Waals surface area contributed by atoms with E-state index in [2.05, 4.69) is 4.98 Å². The van der Waals surface area contributed by atoms with Crippen LogP contribution in [0.5, 0.6) is 17.6 Å². The predicted molar refractivity (Wildman–Crippen MR) is 61.3 cm³/mol. The van der Waals surface area contributed by atoms with Crippen LogP contribution < -0.4 is 9.47 Å². The summed E-state index contributed by atoms with van der Waals surface area (Å²) in [5.74, 6) is -0.253. The molecule has 0 amide bonds. The third-order valence-corrected chi connectivity index (χ3v) is 2.22. The number of nitrogens with zero attached hydrogens (tertiary/aromatic N) is 1. The highest BCUT2D eigenvalue weighted by atomic mass is 16.6. The van der Waals surface area contributed by atoms with E-state index in [0.717, 1.165) is 11.8 Å². The summed E-state index contributed by atoms with van der Waals surface area (Å²) in [5.41, 5.74) is 0.800. The fourth-order valence-corrected chi connectivity index (χ4v) is 1.36. The van der Waals surface area contributed by atoms with E-state index in [4.69, 9.17) is 19.0 Å². The molecule has 0 saturated carbocycles. The number of hydrogen-bond donors (Lipinski definition) is 1. The van der Waals surface area contributed by atoms with Crippen LogP contribution in [0.15, 0.2) is 28.9 Å². The molecule has 18 heavy (non-hydrogen) atoms. The first-order valence-corrected chi connectivity index (χ1v) is 5.11. The number of carboxylic acids is 1. The van der Waals surface area contributed by atoms with Crippen LogP contribution in [0.3, 0.4) is 0 Å². The van der Waals surface area contributed by atoms with Gasteiger partial charge in [0.05, 0.1) is 7.11 Å². The Balaban J connectivity index is 2.25. The molecule has 1 N–H and O–H groups in total. The second-order valence-electron chi connectivity index (χ2n) is 3.56. The number of carbonyl (C=O) groups is 1. The lowest BCUT2D eigenvalue weighted by Gasteiger charge is -2.07. The van der Waals surface area contributed by atoms with E-state index >= 15 is 0 Å². The van der Waals surface area contributed by atoms with Gasteiger partial charge in [-0.1, -0.05) is 6.07 Å². The molecule has 1 heterocycles. The molecule has 1 aromatic carbocycles. The van der Waals surface area contributed by atoms with Gasteiger partial charge in [-0.05, 0) is 24.6 Å². The number of hydrogen-bond acceptors (Lipinski definition) is 5. The van der Waals surface area contributed by atoms with Crippen LogP contribution in [0, 0.1) is 6.92 Å². The smallest absolute Gasteiger partial charge is 0.400 e. The maximum absolute atomic E-state index is 10.6. The summed E-state index contributed by atoms with van der Waals surface area (Å²) in [4.78, 5) is 14.3. The Morgan fingerprint density at radius 3 is 2.78 bits per heavy atom. The van der Waals surface area contributed by atoms with Gasteiger partial charge in [-0.25, -0.2) is 4.79 Å². The Morgan fingerprint density at radius 1 is 1.39 bits per heavy atom. The van der Waals surface area contributed by atoms with E-state index in [-0.39, 0.29) is 11.8 Å². The minimum Gasteiger partial charge on any atom is -0.493 e. The van der Waals surface area contributed by atoms with Crippen LogP contribution in [0.4, 0.5) is 0 Å². The van der Waals surface area contributed by atoms with Crippen molar-refractivity contribution in [2.45, 2.75) is 6.92 Å². The van der Waals surface area contributed by atoms with Crippen LogP contribution in [0.25, 0.3) is 0 Å². The SMILES string of the molecule is COc1cc(C)ccc1Oc1nc(C(=O)O)co1. The van der Waals surface area contributed by atoms with Gasteiger partial charge in [-0.2, -0.15) is 4.98 Å². The molecule has 0 bridgehead atoms. The van der Waals surface area contributed by atoms with Gasteiger partial charge in [0.25, 0.3) is 0 Å². The third kappa shape index (κ3) is 2.42. The standard InChI is InChI=1S/C12H11NO5/c1-7-3-4-9(10(5-7)16-2)18-12-13-8(6-17-12)11(14)15/h3-6H,1-2H3,(H,14,15). The summed E-state index contributed by atoms with van der Waals surface area (Å²) in [7, 11) is 1.51. The summed E-state index contributed by atoms with van der Waals surface area (Å²) in [6.07, 6.45) is 0.868. The van der Waals surface area contributed by atoms with Crippen molar-refractivity contribution in [2.24, 2.45) is 0 Å². The summed E-state index contributed by atoms with van der Waals surface area (Å²) >= 11 is 0. The molecule has 0 atom stereocenters. The maximum atomic E-state index is 10.6. The van der Waals surface area contributed by atoms with Gasteiger partial charge in [0.15, 0.2) is 17.2 Å². The molecule has 2 rings (SSSR count). The zero-order valence-corrected chi connectivity index (χ0v) is 9.84. The highest BCUT2D eigenvalue weighted by Gasteiger charge is 2.14. The molecular formula is C12H11NO5. The Bertz CT molecular complexity index is 576. The van der Waals surface area contributed by atoms with E-state index < -0.39 is 5.97 Å². The highest BCUT2D eigenvalue weighted by molar-refractivity contribution is 5.84. The first kappa shape index (κ1) is 12.0. The Morgan fingerprint density at radius 2 is 2.17 bits per heavy atom. The van der Waals surface area contributed by atoms with Crippen LogP contribution in [0.2, 0.25) is 0 Å². The normalized spacial score (nSPS) is 10.1. The van der Waals surface area contributed by atoms with Crippen LogP contribution >= 0.6 is 0 Å². The largest absolute Gasteiger partial charge is 0.493 e. The third-order valence-electron chi connectivity index (χ3n) is 2.22. The number of aromatic carboxylic acids is 1. The molecule has 6 nitrogen and oxygen atoms in total. The molecule has 0 aliphatic heterocycles.